The van der Waals surface area contributed by atoms with Crippen molar-refractivity contribution in [3.8, 4) is 0 Å². The largest absolute Gasteiger partial charge is 0.353 e. The SMILES string of the molecule is Cc1cc2n(n1)CCCN2C(=O)CCC(=O)NC(C)C12CC3CC(CC(C3)C1)C2. The third kappa shape index (κ3) is 3.49. The Labute approximate surface area is 173 Å². The van der Waals surface area contributed by atoms with E-state index in [-0.39, 0.29) is 30.7 Å². The van der Waals surface area contributed by atoms with Gasteiger partial charge in [-0.25, -0.2) is 4.68 Å². The Morgan fingerprint density at radius 3 is 2.45 bits per heavy atom. The maximum Gasteiger partial charge on any atom is 0.228 e. The first-order valence-corrected chi connectivity index (χ1v) is 11.6. The van der Waals surface area contributed by atoms with Gasteiger partial charge in [-0.05, 0) is 82.0 Å². The van der Waals surface area contributed by atoms with E-state index in [1.54, 1.807) is 4.90 Å². The molecule has 4 aliphatic carbocycles. The van der Waals surface area contributed by atoms with Crippen molar-refractivity contribution in [3.05, 3.63) is 11.8 Å². The molecule has 6 heteroatoms. The number of hydrogen-bond donors (Lipinski definition) is 1. The topological polar surface area (TPSA) is 67.2 Å². The van der Waals surface area contributed by atoms with E-state index in [2.05, 4.69) is 17.3 Å². The molecule has 4 saturated carbocycles. The maximum absolute atomic E-state index is 12.8. The van der Waals surface area contributed by atoms with Crippen LogP contribution in [0.25, 0.3) is 0 Å². The van der Waals surface area contributed by atoms with Crippen LogP contribution in [0.2, 0.25) is 0 Å². The number of fused-ring (bicyclic) bond motifs is 1. The van der Waals surface area contributed by atoms with E-state index in [0.29, 0.717) is 5.41 Å². The van der Waals surface area contributed by atoms with E-state index < -0.39 is 0 Å². The molecule has 6 rings (SSSR count). The molecule has 2 heterocycles. The second-order valence-corrected chi connectivity index (χ2v) is 10.3. The zero-order chi connectivity index (χ0) is 20.2. The number of carbonyl (C=O) groups excluding carboxylic acids is 2. The molecule has 2 amide bonds. The Bertz CT molecular complexity index is 779. The molecule has 5 aliphatic rings. The molecule has 1 atom stereocenters. The van der Waals surface area contributed by atoms with E-state index in [0.717, 1.165) is 48.8 Å². The quantitative estimate of drug-likeness (QED) is 0.826. The lowest BCUT2D eigenvalue weighted by Gasteiger charge is -2.59. The van der Waals surface area contributed by atoms with Gasteiger partial charge in [0.25, 0.3) is 0 Å². The van der Waals surface area contributed by atoms with Gasteiger partial charge in [0.2, 0.25) is 11.8 Å². The van der Waals surface area contributed by atoms with Gasteiger partial charge in [-0.15, -0.1) is 0 Å². The van der Waals surface area contributed by atoms with Gasteiger partial charge in [0, 0.05) is 38.0 Å². The molecular formula is C23H34N4O2. The minimum absolute atomic E-state index is 0.0308. The molecule has 158 valence electrons. The molecule has 0 radical (unpaired) electrons. The number of rotatable bonds is 5. The molecule has 1 aromatic heterocycles. The van der Waals surface area contributed by atoms with Crippen molar-refractivity contribution in [2.24, 2.45) is 23.2 Å². The van der Waals surface area contributed by atoms with Crippen LogP contribution >= 0.6 is 0 Å². The second kappa shape index (κ2) is 7.13. The van der Waals surface area contributed by atoms with Gasteiger partial charge in [0.1, 0.15) is 5.82 Å². The summed E-state index contributed by atoms with van der Waals surface area (Å²) in [6.45, 7) is 5.73. The molecule has 1 unspecified atom stereocenters. The average Bonchev–Trinajstić information content (AvgIpc) is 3.05. The first-order valence-electron chi connectivity index (χ1n) is 11.6. The molecule has 4 bridgehead atoms. The summed E-state index contributed by atoms with van der Waals surface area (Å²) in [6, 6.07) is 2.18. The van der Waals surface area contributed by atoms with Crippen molar-refractivity contribution >= 4 is 17.6 Å². The second-order valence-electron chi connectivity index (χ2n) is 10.3. The molecule has 0 saturated heterocycles. The minimum atomic E-state index is 0.0308. The first kappa shape index (κ1) is 19.1. The lowest BCUT2D eigenvalue weighted by Crippen LogP contribution is -2.55. The lowest BCUT2D eigenvalue weighted by atomic mass is 9.48. The van der Waals surface area contributed by atoms with Crippen molar-refractivity contribution in [2.45, 2.75) is 84.2 Å². The van der Waals surface area contributed by atoms with Crippen LogP contribution in [0, 0.1) is 30.1 Å². The van der Waals surface area contributed by atoms with Gasteiger partial charge in [0.05, 0.1) is 5.69 Å². The van der Waals surface area contributed by atoms with Crippen molar-refractivity contribution in [3.63, 3.8) is 0 Å². The molecular weight excluding hydrogens is 364 g/mol. The summed E-state index contributed by atoms with van der Waals surface area (Å²) in [4.78, 5) is 27.3. The average molecular weight is 399 g/mol. The Hall–Kier alpha value is -1.85. The van der Waals surface area contributed by atoms with Crippen LogP contribution < -0.4 is 10.2 Å². The first-order chi connectivity index (χ1) is 13.9. The van der Waals surface area contributed by atoms with E-state index in [1.807, 2.05) is 17.7 Å². The number of carbonyl (C=O) groups is 2. The van der Waals surface area contributed by atoms with Crippen LogP contribution in [0.1, 0.15) is 70.4 Å². The Balaban J connectivity index is 1.16. The fourth-order valence-electron chi connectivity index (χ4n) is 7.19. The summed E-state index contributed by atoms with van der Waals surface area (Å²) in [5.74, 6) is 3.59. The van der Waals surface area contributed by atoms with E-state index in [4.69, 9.17) is 0 Å². The van der Waals surface area contributed by atoms with Gasteiger partial charge in [0.15, 0.2) is 0 Å². The van der Waals surface area contributed by atoms with Crippen molar-refractivity contribution < 1.29 is 9.59 Å². The summed E-state index contributed by atoms with van der Waals surface area (Å²) >= 11 is 0. The van der Waals surface area contributed by atoms with Crippen molar-refractivity contribution in [1.82, 2.24) is 15.1 Å². The Morgan fingerprint density at radius 2 is 1.79 bits per heavy atom. The van der Waals surface area contributed by atoms with E-state index in [1.165, 1.54) is 38.5 Å². The lowest BCUT2D eigenvalue weighted by molar-refractivity contribution is -0.128. The zero-order valence-corrected chi connectivity index (χ0v) is 17.8. The van der Waals surface area contributed by atoms with Gasteiger partial charge < -0.3 is 5.32 Å². The Kier molecular flexibility index (Phi) is 4.71. The number of hydrogen-bond acceptors (Lipinski definition) is 3. The standard InChI is InChI=1S/C23H34N4O2/c1-15-8-21-26(6-3-7-27(21)25-15)22(29)5-4-20(28)24-16(2)23-12-17-9-18(13-23)11-19(10-17)14-23/h8,16-19H,3-7,9-14H2,1-2H3,(H,24,28). The van der Waals surface area contributed by atoms with Gasteiger partial charge in [-0.1, -0.05) is 0 Å². The highest BCUT2D eigenvalue weighted by Gasteiger charge is 2.53. The van der Waals surface area contributed by atoms with Crippen LogP contribution in [0.4, 0.5) is 5.82 Å². The summed E-state index contributed by atoms with van der Waals surface area (Å²) in [5.41, 5.74) is 1.24. The normalized spacial score (nSPS) is 33.4. The molecule has 0 aromatic carbocycles. The molecule has 1 N–H and O–H groups in total. The summed E-state index contributed by atoms with van der Waals surface area (Å²) in [7, 11) is 0. The summed E-state index contributed by atoms with van der Waals surface area (Å²) in [5, 5.41) is 7.74. The molecule has 29 heavy (non-hydrogen) atoms. The number of nitrogens with zero attached hydrogens (tertiary/aromatic N) is 3. The molecule has 1 aromatic rings. The molecule has 0 spiro atoms. The number of anilines is 1. The molecule has 1 aliphatic heterocycles. The van der Waals surface area contributed by atoms with E-state index >= 15 is 0 Å². The van der Waals surface area contributed by atoms with Crippen LogP contribution in [0.3, 0.4) is 0 Å². The van der Waals surface area contributed by atoms with Gasteiger partial charge >= 0.3 is 0 Å². The highest BCUT2D eigenvalue weighted by atomic mass is 16.2. The van der Waals surface area contributed by atoms with Crippen LogP contribution in [-0.4, -0.2) is 34.2 Å². The monoisotopic (exact) mass is 398 g/mol. The molecule has 6 nitrogen and oxygen atoms in total. The van der Waals surface area contributed by atoms with Crippen LogP contribution in [0.5, 0.6) is 0 Å². The maximum atomic E-state index is 12.8. The predicted octanol–water partition coefficient (Wildman–Crippen LogP) is 3.43. The highest BCUT2D eigenvalue weighted by molar-refractivity contribution is 5.95. The highest BCUT2D eigenvalue weighted by Crippen LogP contribution is 2.61. The van der Waals surface area contributed by atoms with Gasteiger partial charge in [-0.3, -0.25) is 14.5 Å². The van der Waals surface area contributed by atoms with Gasteiger partial charge in [-0.2, -0.15) is 5.10 Å². The van der Waals surface area contributed by atoms with Crippen molar-refractivity contribution in [2.75, 3.05) is 11.4 Å². The van der Waals surface area contributed by atoms with E-state index in [9.17, 15) is 9.59 Å². The fraction of sp³-hybridized carbons (Fsp3) is 0.783. The molecule has 4 fully saturated rings. The number of aromatic nitrogens is 2. The third-order valence-corrected chi connectivity index (χ3v) is 8.16. The number of nitrogens with one attached hydrogen (secondary N) is 1. The zero-order valence-electron chi connectivity index (χ0n) is 17.8. The van der Waals surface area contributed by atoms with Crippen molar-refractivity contribution in [1.29, 1.82) is 0 Å². The van der Waals surface area contributed by atoms with Crippen LogP contribution in [0.15, 0.2) is 6.07 Å². The smallest absolute Gasteiger partial charge is 0.228 e. The summed E-state index contributed by atoms with van der Waals surface area (Å²) in [6.07, 6.45) is 9.57. The summed E-state index contributed by atoms with van der Waals surface area (Å²) < 4.78 is 1.91. The Morgan fingerprint density at radius 1 is 1.14 bits per heavy atom. The fourth-order valence-corrected chi connectivity index (χ4v) is 7.19. The predicted molar refractivity (Wildman–Crippen MR) is 111 cm³/mol. The minimum Gasteiger partial charge on any atom is -0.353 e. The number of amides is 2. The number of aryl methyl sites for hydroxylation is 2. The third-order valence-electron chi connectivity index (χ3n) is 8.16. The van der Waals surface area contributed by atoms with Crippen LogP contribution in [-0.2, 0) is 16.1 Å².